The van der Waals surface area contributed by atoms with Gasteiger partial charge in [-0.3, -0.25) is 10.1 Å². The van der Waals surface area contributed by atoms with Crippen molar-refractivity contribution in [3.05, 3.63) is 38.3 Å². The van der Waals surface area contributed by atoms with Crippen LogP contribution in [0.2, 0.25) is 0 Å². The average Bonchev–Trinajstić information content (AvgIpc) is 2.30. The van der Waals surface area contributed by atoms with Crippen molar-refractivity contribution in [2.24, 2.45) is 0 Å². The zero-order valence-corrected chi connectivity index (χ0v) is 12.0. The molecule has 0 fully saturated rings. The molecule has 0 amide bonds. The summed E-state index contributed by atoms with van der Waals surface area (Å²) in [6.45, 7) is 5.25. The third kappa shape index (κ3) is 5.12. The lowest BCUT2D eigenvalue weighted by Gasteiger charge is -2.08. The van der Waals surface area contributed by atoms with Crippen molar-refractivity contribution in [2.75, 3.05) is 13.2 Å². The molecule has 100 valence electrons. The molecule has 0 saturated heterocycles. The Labute approximate surface area is 114 Å². The maximum absolute atomic E-state index is 10.7. The van der Waals surface area contributed by atoms with Gasteiger partial charge in [-0.2, -0.15) is 0 Å². The summed E-state index contributed by atoms with van der Waals surface area (Å²) in [6, 6.07) is 4.95. The molecule has 0 saturated carbocycles. The van der Waals surface area contributed by atoms with Crippen molar-refractivity contribution in [3.63, 3.8) is 0 Å². The fraction of sp³-hybridized carbons (Fsp3) is 0.500. The van der Waals surface area contributed by atoms with Crippen molar-refractivity contribution >= 4 is 21.6 Å². The maximum atomic E-state index is 10.7. The Balaban J connectivity index is 2.43. The maximum Gasteiger partial charge on any atom is 0.283 e. The van der Waals surface area contributed by atoms with Gasteiger partial charge in [0.1, 0.15) is 0 Å². The van der Waals surface area contributed by atoms with Crippen LogP contribution in [-0.4, -0.2) is 24.2 Å². The van der Waals surface area contributed by atoms with Crippen LogP contribution in [0, 0.1) is 10.1 Å². The molecule has 1 rings (SSSR count). The van der Waals surface area contributed by atoms with Crippen LogP contribution in [-0.2, 0) is 16.1 Å². The number of hydrogen-bond acceptors (Lipinski definition) is 4. The van der Waals surface area contributed by atoms with Gasteiger partial charge in [0.2, 0.25) is 0 Å². The zero-order chi connectivity index (χ0) is 13.5. The van der Waals surface area contributed by atoms with Crippen LogP contribution in [0.5, 0.6) is 0 Å². The first-order valence-corrected chi connectivity index (χ1v) is 6.42. The molecule has 6 heteroatoms. The van der Waals surface area contributed by atoms with Gasteiger partial charge in [0.25, 0.3) is 5.69 Å². The van der Waals surface area contributed by atoms with Crippen LogP contribution < -0.4 is 0 Å². The lowest BCUT2D eigenvalue weighted by Crippen LogP contribution is -2.09. The van der Waals surface area contributed by atoms with Crippen LogP contribution in [0.3, 0.4) is 0 Å². The van der Waals surface area contributed by atoms with E-state index in [0.717, 1.165) is 5.56 Å². The molecule has 1 aromatic rings. The molecule has 0 N–H and O–H groups in total. The van der Waals surface area contributed by atoms with Crippen LogP contribution in [0.1, 0.15) is 19.4 Å². The summed E-state index contributed by atoms with van der Waals surface area (Å²) < 4.78 is 11.2. The Hall–Kier alpha value is -0.980. The lowest BCUT2D eigenvalue weighted by molar-refractivity contribution is -0.385. The summed E-state index contributed by atoms with van der Waals surface area (Å²) in [5.74, 6) is 0. The Kier molecular flexibility index (Phi) is 6.24. The number of nitro benzene ring substituents is 1. The molecule has 0 bridgehead atoms. The molecular weight excluding hydrogens is 302 g/mol. The first kappa shape index (κ1) is 15.1. The van der Waals surface area contributed by atoms with Crippen molar-refractivity contribution in [1.82, 2.24) is 0 Å². The van der Waals surface area contributed by atoms with E-state index in [2.05, 4.69) is 15.9 Å². The number of hydrogen-bond donors (Lipinski definition) is 0. The van der Waals surface area contributed by atoms with Crippen LogP contribution in [0.15, 0.2) is 22.7 Å². The normalized spacial score (nSPS) is 10.9. The van der Waals surface area contributed by atoms with Crippen LogP contribution in [0.4, 0.5) is 5.69 Å². The summed E-state index contributed by atoms with van der Waals surface area (Å²) in [6.07, 6.45) is 0.183. The highest BCUT2D eigenvalue weighted by molar-refractivity contribution is 9.10. The van der Waals surface area contributed by atoms with Gasteiger partial charge < -0.3 is 9.47 Å². The minimum absolute atomic E-state index is 0.0505. The van der Waals surface area contributed by atoms with Gasteiger partial charge in [0.15, 0.2) is 0 Å². The van der Waals surface area contributed by atoms with E-state index in [1.54, 1.807) is 12.1 Å². The smallest absolute Gasteiger partial charge is 0.283 e. The highest BCUT2D eigenvalue weighted by atomic mass is 79.9. The first-order chi connectivity index (χ1) is 8.50. The highest BCUT2D eigenvalue weighted by Gasteiger charge is 2.12. The summed E-state index contributed by atoms with van der Waals surface area (Å²) in [7, 11) is 0. The number of halogens is 1. The number of nitrogens with zero attached hydrogens (tertiary/aromatic N) is 1. The zero-order valence-electron chi connectivity index (χ0n) is 10.4. The van der Waals surface area contributed by atoms with Gasteiger partial charge in [-0.05, 0) is 41.4 Å². The van der Waals surface area contributed by atoms with Gasteiger partial charge in [0, 0.05) is 6.07 Å². The summed E-state index contributed by atoms with van der Waals surface area (Å²) in [5.41, 5.74) is 0.823. The van der Waals surface area contributed by atoms with E-state index in [1.807, 2.05) is 13.8 Å². The van der Waals surface area contributed by atoms with Gasteiger partial charge in [0.05, 0.1) is 35.3 Å². The largest absolute Gasteiger partial charge is 0.376 e. The molecule has 0 aliphatic carbocycles. The predicted molar refractivity (Wildman–Crippen MR) is 71.5 cm³/mol. The topological polar surface area (TPSA) is 61.6 Å². The van der Waals surface area contributed by atoms with Crippen molar-refractivity contribution < 1.29 is 14.4 Å². The molecule has 0 aliphatic rings. The van der Waals surface area contributed by atoms with Crippen LogP contribution >= 0.6 is 15.9 Å². The Bertz CT molecular complexity index is 409. The van der Waals surface area contributed by atoms with Gasteiger partial charge >= 0.3 is 0 Å². The Morgan fingerprint density at radius 1 is 1.39 bits per heavy atom. The quantitative estimate of drug-likeness (QED) is 0.440. The molecule has 0 radical (unpaired) electrons. The van der Waals surface area contributed by atoms with Crippen LogP contribution in [0.25, 0.3) is 0 Å². The number of ether oxygens (including phenoxy) is 2. The summed E-state index contributed by atoms with van der Waals surface area (Å²) in [4.78, 5) is 10.3. The second kappa shape index (κ2) is 7.45. The number of rotatable bonds is 7. The number of benzene rings is 1. The molecule has 0 aromatic heterocycles. The van der Waals surface area contributed by atoms with E-state index in [9.17, 15) is 10.1 Å². The van der Waals surface area contributed by atoms with E-state index < -0.39 is 4.92 Å². The van der Waals surface area contributed by atoms with E-state index >= 15 is 0 Å². The highest BCUT2D eigenvalue weighted by Crippen LogP contribution is 2.25. The fourth-order valence-corrected chi connectivity index (χ4v) is 1.71. The van der Waals surface area contributed by atoms with Gasteiger partial charge in [-0.15, -0.1) is 0 Å². The van der Waals surface area contributed by atoms with Gasteiger partial charge in [-0.1, -0.05) is 6.07 Å². The van der Waals surface area contributed by atoms with Crippen molar-refractivity contribution in [3.8, 4) is 0 Å². The second-order valence-electron chi connectivity index (χ2n) is 4.02. The minimum atomic E-state index is -0.421. The third-order valence-corrected chi connectivity index (χ3v) is 2.83. The SMILES string of the molecule is CC(C)OCCOCc1ccc(Br)c([N+](=O)[O-])c1. The molecule has 0 heterocycles. The Morgan fingerprint density at radius 2 is 2.11 bits per heavy atom. The van der Waals surface area contributed by atoms with Crippen molar-refractivity contribution in [1.29, 1.82) is 0 Å². The van der Waals surface area contributed by atoms with Gasteiger partial charge in [-0.25, -0.2) is 0 Å². The average molecular weight is 318 g/mol. The second-order valence-corrected chi connectivity index (χ2v) is 4.87. The molecule has 0 unspecified atom stereocenters. The molecule has 18 heavy (non-hydrogen) atoms. The monoisotopic (exact) mass is 317 g/mol. The fourth-order valence-electron chi connectivity index (χ4n) is 1.32. The molecule has 5 nitrogen and oxygen atoms in total. The minimum Gasteiger partial charge on any atom is -0.376 e. The van der Waals surface area contributed by atoms with Crippen molar-refractivity contribution in [2.45, 2.75) is 26.6 Å². The molecular formula is C12H16BrNO4. The third-order valence-electron chi connectivity index (χ3n) is 2.15. The summed E-state index contributed by atoms with van der Waals surface area (Å²) >= 11 is 3.14. The Morgan fingerprint density at radius 3 is 2.72 bits per heavy atom. The predicted octanol–water partition coefficient (Wildman–Crippen LogP) is 3.30. The molecule has 0 spiro atoms. The first-order valence-electron chi connectivity index (χ1n) is 5.63. The van der Waals surface area contributed by atoms with E-state index in [-0.39, 0.29) is 11.8 Å². The molecule has 0 atom stereocenters. The van der Waals surface area contributed by atoms with E-state index in [0.29, 0.717) is 24.3 Å². The molecule has 1 aromatic carbocycles. The lowest BCUT2D eigenvalue weighted by atomic mass is 10.2. The standard InChI is InChI=1S/C12H16BrNO4/c1-9(2)18-6-5-17-8-10-3-4-11(13)12(7-10)14(15)16/h3-4,7,9H,5-6,8H2,1-2H3. The summed E-state index contributed by atoms with van der Waals surface area (Å²) in [5, 5.41) is 10.7. The van der Waals surface area contributed by atoms with E-state index in [4.69, 9.17) is 9.47 Å². The number of nitro groups is 1. The molecule has 0 aliphatic heterocycles. The van der Waals surface area contributed by atoms with E-state index in [1.165, 1.54) is 6.07 Å².